The van der Waals surface area contributed by atoms with Gasteiger partial charge in [-0.15, -0.1) is 0 Å². The van der Waals surface area contributed by atoms with Crippen molar-refractivity contribution < 1.29 is 36.7 Å². The number of rotatable bonds is 7. The lowest BCUT2D eigenvalue weighted by atomic mass is 10.1. The molecule has 0 spiro atoms. The van der Waals surface area contributed by atoms with E-state index in [0.717, 1.165) is 11.0 Å². The number of nitrogens with two attached hydrogens (primary N) is 1. The second-order valence-corrected chi connectivity index (χ2v) is 5.76. The van der Waals surface area contributed by atoms with Crippen molar-refractivity contribution in [1.29, 1.82) is 0 Å². The molecule has 1 fully saturated rings. The van der Waals surface area contributed by atoms with Crippen molar-refractivity contribution in [2.24, 2.45) is 5.73 Å². The highest BCUT2D eigenvalue weighted by molar-refractivity contribution is 5.99. The van der Waals surface area contributed by atoms with Gasteiger partial charge in [-0.25, -0.2) is 8.78 Å². The quantitative estimate of drug-likeness (QED) is 0.575. The highest BCUT2D eigenvalue weighted by Gasteiger charge is 2.27. The molecule has 8 nitrogen and oxygen atoms in total. The molecule has 1 heterocycles. The second-order valence-electron chi connectivity index (χ2n) is 5.76. The Labute approximate surface area is 157 Å². The summed E-state index contributed by atoms with van der Waals surface area (Å²) in [5, 5.41) is 3.99. The molecule has 0 radical (unpaired) electrons. The molecule has 2 rings (SSSR count). The summed E-state index contributed by atoms with van der Waals surface area (Å²) in [7, 11) is 0. The summed E-state index contributed by atoms with van der Waals surface area (Å²) in [6.07, 6.45) is -6.29. The maximum absolute atomic E-state index is 13.5. The van der Waals surface area contributed by atoms with Crippen molar-refractivity contribution in [2.75, 3.05) is 36.5 Å². The minimum atomic E-state index is -3.34. The van der Waals surface area contributed by atoms with Crippen LogP contribution < -0.4 is 21.3 Å². The summed E-state index contributed by atoms with van der Waals surface area (Å²) < 4.78 is 56.5. The van der Waals surface area contributed by atoms with Gasteiger partial charge in [0.1, 0.15) is 12.6 Å². The first-order valence-corrected chi connectivity index (χ1v) is 8.14. The van der Waals surface area contributed by atoms with Crippen molar-refractivity contribution in [2.45, 2.75) is 18.9 Å². The molecule has 1 atom stereocenters. The summed E-state index contributed by atoms with van der Waals surface area (Å²) in [6.45, 7) is -0.427. The number of nitrogens with one attached hydrogen (secondary N) is 2. The molecular weight excluding hydrogens is 388 g/mol. The van der Waals surface area contributed by atoms with E-state index in [9.17, 15) is 31.9 Å². The Morgan fingerprint density at radius 2 is 1.93 bits per heavy atom. The minimum Gasteiger partial charge on any atom is -0.370 e. The monoisotopic (exact) mass is 406 g/mol. The van der Waals surface area contributed by atoms with Gasteiger partial charge in [0.2, 0.25) is 5.91 Å². The average molecular weight is 406 g/mol. The van der Waals surface area contributed by atoms with Crippen LogP contribution in [0.15, 0.2) is 18.2 Å². The molecule has 0 aromatic heterocycles. The first-order chi connectivity index (χ1) is 13.2. The van der Waals surface area contributed by atoms with Gasteiger partial charge >= 0.3 is 6.43 Å². The van der Waals surface area contributed by atoms with E-state index in [1.165, 1.54) is 12.1 Å². The largest absolute Gasteiger partial charge is 0.370 e. The van der Waals surface area contributed by atoms with Crippen LogP contribution in [0.2, 0.25) is 0 Å². The number of anilines is 2. The molecule has 12 heteroatoms. The van der Waals surface area contributed by atoms with Gasteiger partial charge in [0, 0.05) is 24.3 Å². The van der Waals surface area contributed by atoms with E-state index in [-0.39, 0.29) is 31.1 Å². The highest BCUT2D eigenvalue weighted by atomic mass is 19.3. The Balaban J connectivity index is 2.19. The number of morpholine rings is 1. The number of nitrogens with zero attached hydrogens (tertiary/aromatic N) is 1. The number of hydrogen-bond acceptors (Lipinski definition) is 5. The third kappa shape index (κ3) is 5.16. The van der Waals surface area contributed by atoms with Gasteiger partial charge in [-0.05, 0) is 18.2 Å². The SMILES string of the molecule is NC[C@@H](NC(=O)C(F)F)C(=O)Nc1ccc(N2CCOCC2=O)c(C(F)F)c1. The third-order valence-electron chi connectivity index (χ3n) is 3.87. The molecule has 0 unspecified atom stereocenters. The lowest BCUT2D eigenvalue weighted by molar-refractivity contribution is -0.134. The zero-order valence-electron chi connectivity index (χ0n) is 14.5. The average Bonchev–Trinajstić information content (AvgIpc) is 2.66. The molecule has 0 saturated carbocycles. The number of halogens is 4. The summed E-state index contributed by atoms with van der Waals surface area (Å²) in [5.74, 6) is -3.12. The summed E-state index contributed by atoms with van der Waals surface area (Å²) in [5.41, 5.74) is 4.69. The molecule has 154 valence electrons. The second kappa shape index (κ2) is 9.46. The fourth-order valence-corrected chi connectivity index (χ4v) is 2.52. The van der Waals surface area contributed by atoms with Crippen molar-refractivity contribution in [3.63, 3.8) is 0 Å². The van der Waals surface area contributed by atoms with E-state index in [1.807, 2.05) is 0 Å². The molecule has 1 aliphatic heterocycles. The van der Waals surface area contributed by atoms with Crippen LogP contribution in [0.1, 0.15) is 12.0 Å². The molecule has 1 saturated heterocycles. The Morgan fingerprint density at radius 1 is 1.21 bits per heavy atom. The van der Waals surface area contributed by atoms with Crippen LogP contribution in [0, 0.1) is 0 Å². The number of alkyl halides is 4. The maximum Gasteiger partial charge on any atom is 0.315 e. The number of carbonyl (C=O) groups excluding carboxylic acids is 3. The lowest BCUT2D eigenvalue weighted by Crippen LogP contribution is -2.50. The molecule has 0 bridgehead atoms. The standard InChI is InChI=1S/C16H18F4N4O4/c17-13(18)9-5-8(1-2-11(9)24-3-4-28-7-12(24)25)22-15(26)10(6-21)23-16(27)14(19)20/h1-2,5,10,13-14H,3-4,6-7,21H2,(H,22,26)(H,23,27)/t10-/m1/s1. The normalized spacial score (nSPS) is 15.7. The van der Waals surface area contributed by atoms with Crippen molar-refractivity contribution >= 4 is 29.1 Å². The molecule has 4 N–H and O–H groups in total. The van der Waals surface area contributed by atoms with Crippen LogP contribution in [-0.2, 0) is 19.1 Å². The van der Waals surface area contributed by atoms with Gasteiger partial charge in [-0.1, -0.05) is 0 Å². The van der Waals surface area contributed by atoms with Crippen LogP contribution in [-0.4, -0.2) is 56.5 Å². The van der Waals surface area contributed by atoms with Crippen molar-refractivity contribution in [3.05, 3.63) is 23.8 Å². The Hall–Kier alpha value is -2.73. The lowest BCUT2D eigenvalue weighted by Gasteiger charge is -2.29. The predicted octanol–water partition coefficient (Wildman–Crippen LogP) is 0.634. The first kappa shape index (κ1) is 21.6. The van der Waals surface area contributed by atoms with Crippen LogP contribution in [0.3, 0.4) is 0 Å². The van der Waals surface area contributed by atoms with Gasteiger partial charge < -0.3 is 26.0 Å². The topological polar surface area (TPSA) is 114 Å². The van der Waals surface area contributed by atoms with E-state index in [4.69, 9.17) is 10.5 Å². The molecule has 1 aliphatic rings. The van der Waals surface area contributed by atoms with Crippen LogP contribution >= 0.6 is 0 Å². The Bertz CT molecular complexity index is 747. The summed E-state index contributed by atoms with van der Waals surface area (Å²) in [6, 6.07) is 1.99. The fraction of sp³-hybridized carbons (Fsp3) is 0.438. The smallest absolute Gasteiger partial charge is 0.315 e. The number of hydrogen-bond donors (Lipinski definition) is 3. The minimum absolute atomic E-state index is 0.0253. The van der Waals surface area contributed by atoms with Gasteiger partial charge in [-0.2, -0.15) is 8.78 Å². The summed E-state index contributed by atoms with van der Waals surface area (Å²) in [4.78, 5) is 36.2. The number of carbonyl (C=O) groups is 3. The van der Waals surface area contributed by atoms with Gasteiger partial charge in [0.05, 0.1) is 12.3 Å². The molecule has 1 aromatic carbocycles. The first-order valence-electron chi connectivity index (χ1n) is 8.14. The third-order valence-corrected chi connectivity index (χ3v) is 3.87. The van der Waals surface area contributed by atoms with Gasteiger partial charge in [0.15, 0.2) is 0 Å². The van der Waals surface area contributed by atoms with Crippen LogP contribution in [0.4, 0.5) is 28.9 Å². The summed E-state index contributed by atoms with van der Waals surface area (Å²) >= 11 is 0. The highest BCUT2D eigenvalue weighted by Crippen LogP contribution is 2.33. The maximum atomic E-state index is 13.5. The number of amides is 3. The van der Waals surface area contributed by atoms with Gasteiger partial charge in [-0.3, -0.25) is 14.4 Å². The van der Waals surface area contributed by atoms with Crippen molar-refractivity contribution in [3.8, 4) is 0 Å². The Morgan fingerprint density at radius 3 is 2.50 bits per heavy atom. The van der Waals surface area contributed by atoms with E-state index >= 15 is 0 Å². The molecule has 3 amide bonds. The predicted molar refractivity (Wildman–Crippen MR) is 90.2 cm³/mol. The molecular formula is C16H18F4N4O4. The van der Waals surface area contributed by atoms with E-state index in [1.54, 1.807) is 5.32 Å². The van der Waals surface area contributed by atoms with Crippen molar-refractivity contribution in [1.82, 2.24) is 5.32 Å². The molecule has 28 heavy (non-hydrogen) atoms. The molecule has 0 aliphatic carbocycles. The van der Waals surface area contributed by atoms with Gasteiger partial charge in [0.25, 0.3) is 18.2 Å². The number of ether oxygens (including phenoxy) is 1. The van der Waals surface area contributed by atoms with Crippen LogP contribution in [0.5, 0.6) is 0 Å². The van der Waals surface area contributed by atoms with E-state index in [0.29, 0.717) is 0 Å². The van der Waals surface area contributed by atoms with E-state index in [2.05, 4.69) is 5.32 Å². The molecule has 1 aromatic rings. The fourth-order valence-electron chi connectivity index (χ4n) is 2.52. The van der Waals surface area contributed by atoms with Crippen LogP contribution in [0.25, 0.3) is 0 Å². The number of benzene rings is 1. The zero-order chi connectivity index (χ0) is 20.8. The van der Waals surface area contributed by atoms with E-state index < -0.39 is 48.7 Å². The zero-order valence-corrected chi connectivity index (χ0v) is 14.5. The Kier molecular flexibility index (Phi) is 7.29.